The van der Waals surface area contributed by atoms with E-state index >= 15 is 0 Å². The first-order valence-corrected chi connectivity index (χ1v) is 7.62. The van der Waals surface area contributed by atoms with E-state index in [0.29, 0.717) is 6.42 Å². The van der Waals surface area contributed by atoms with Crippen molar-refractivity contribution in [1.29, 1.82) is 0 Å². The van der Waals surface area contributed by atoms with E-state index in [4.69, 9.17) is 9.47 Å². The number of cyclic esters (lactones) is 2. The highest BCUT2D eigenvalue weighted by Gasteiger charge is 2.61. The molecule has 0 unspecified atom stereocenters. The van der Waals surface area contributed by atoms with Crippen LogP contribution in [0.1, 0.15) is 45.1 Å². The van der Waals surface area contributed by atoms with E-state index in [1.54, 1.807) is 12.1 Å². The van der Waals surface area contributed by atoms with E-state index in [-0.39, 0.29) is 12.2 Å². The van der Waals surface area contributed by atoms with Gasteiger partial charge in [-0.15, -0.1) is 0 Å². The second kappa shape index (κ2) is 5.18. The Morgan fingerprint density at radius 3 is 2.22 bits per heavy atom. The zero-order valence-corrected chi connectivity index (χ0v) is 13.4. The Morgan fingerprint density at radius 2 is 1.65 bits per heavy atom. The van der Waals surface area contributed by atoms with Gasteiger partial charge >= 0.3 is 11.9 Å². The number of allylic oxidation sites excluding steroid dienone is 2. The van der Waals surface area contributed by atoms with Crippen LogP contribution < -0.4 is 0 Å². The Morgan fingerprint density at radius 1 is 1.09 bits per heavy atom. The molecule has 23 heavy (non-hydrogen) atoms. The minimum atomic E-state index is -1.40. The Bertz CT molecular complexity index is 667. The zero-order chi connectivity index (χ0) is 16.8. The molecule has 0 saturated carbocycles. The first kappa shape index (κ1) is 15.7. The fraction of sp³-hybridized carbons (Fsp3) is 0.444. The zero-order valence-electron chi connectivity index (χ0n) is 13.4. The number of carbonyl (C=O) groups is 2. The first-order chi connectivity index (χ1) is 10.7. The molecule has 0 amide bonds. The maximum atomic E-state index is 13.2. The van der Waals surface area contributed by atoms with Crippen molar-refractivity contribution in [2.75, 3.05) is 0 Å². The smallest absolute Gasteiger partial charge is 0.327 e. The van der Waals surface area contributed by atoms with Crippen molar-refractivity contribution < 1.29 is 23.5 Å². The molecule has 1 fully saturated rings. The molecule has 1 spiro atoms. The SMILES string of the molecule is CC1=CCC2(C(=O)OC(C)(C)OC2=O)[C@H](c2ccc(F)cc2)C1. The minimum absolute atomic E-state index is 0.231. The Kier molecular flexibility index (Phi) is 3.54. The summed E-state index contributed by atoms with van der Waals surface area (Å²) in [5.41, 5.74) is 0.412. The number of benzene rings is 1. The molecular formula is C18H19FO4. The summed E-state index contributed by atoms with van der Waals surface area (Å²) in [5, 5.41) is 0. The van der Waals surface area contributed by atoms with Gasteiger partial charge in [0, 0.05) is 19.8 Å². The molecule has 1 saturated heterocycles. The maximum Gasteiger partial charge on any atom is 0.327 e. The van der Waals surface area contributed by atoms with Gasteiger partial charge in [0.15, 0.2) is 5.41 Å². The molecule has 2 aliphatic rings. The van der Waals surface area contributed by atoms with Gasteiger partial charge < -0.3 is 9.47 Å². The molecule has 122 valence electrons. The average molecular weight is 318 g/mol. The Labute approximate surface area is 134 Å². The van der Waals surface area contributed by atoms with Crippen LogP contribution >= 0.6 is 0 Å². The lowest BCUT2D eigenvalue weighted by Gasteiger charge is -2.45. The summed E-state index contributed by atoms with van der Waals surface area (Å²) in [6, 6.07) is 5.89. The second-order valence-electron chi connectivity index (χ2n) is 6.71. The van der Waals surface area contributed by atoms with Crippen molar-refractivity contribution in [3.63, 3.8) is 0 Å². The van der Waals surface area contributed by atoms with E-state index in [1.807, 2.05) is 13.0 Å². The van der Waals surface area contributed by atoms with Crippen LogP contribution in [0.25, 0.3) is 0 Å². The molecule has 0 bridgehead atoms. The summed E-state index contributed by atoms with van der Waals surface area (Å²) >= 11 is 0. The molecule has 5 heteroatoms. The number of hydrogen-bond donors (Lipinski definition) is 0. The molecule has 0 radical (unpaired) electrons. The third-order valence-corrected chi connectivity index (χ3v) is 4.57. The lowest BCUT2D eigenvalue weighted by Crippen LogP contribution is -2.57. The molecule has 1 aliphatic heterocycles. The highest BCUT2D eigenvalue weighted by atomic mass is 19.1. The van der Waals surface area contributed by atoms with Crippen LogP contribution in [0.15, 0.2) is 35.9 Å². The fourth-order valence-electron chi connectivity index (χ4n) is 3.34. The fourth-order valence-corrected chi connectivity index (χ4v) is 3.34. The highest BCUT2D eigenvalue weighted by Crippen LogP contribution is 2.51. The van der Waals surface area contributed by atoms with Crippen molar-refractivity contribution in [3.8, 4) is 0 Å². The molecule has 1 aromatic rings. The predicted octanol–water partition coefficient (Wildman–Crippen LogP) is 3.47. The largest absolute Gasteiger partial charge is 0.422 e. The number of halogens is 1. The molecule has 1 aliphatic carbocycles. The molecule has 1 aromatic carbocycles. The van der Waals surface area contributed by atoms with Gasteiger partial charge in [0.1, 0.15) is 5.82 Å². The highest BCUT2D eigenvalue weighted by molar-refractivity contribution is 6.03. The molecule has 0 N–H and O–H groups in total. The first-order valence-electron chi connectivity index (χ1n) is 7.62. The minimum Gasteiger partial charge on any atom is -0.422 e. The van der Waals surface area contributed by atoms with Crippen molar-refractivity contribution in [2.45, 2.75) is 45.3 Å². The summed E-state index contributed by atoms with van der Waals surface area (Å²) in [4.78, 5) is 25.5. The summed E-state index contributed by atoms with van der Waals surface area (Å²) in [7, 11) is 0. The lowest BCUT2D eigenvalue weighted by atomic mass is 9.64. The number of ether oxygens (including phenoxy) is 2. The van der Waals surface area contributed by atoms with Gasteiger partial charge in [-0.25, -0.2) is 4.39 Å². The monoisotopic (exact) mass is 318 g/mol. The van der Waals surface area contributed by atoms with Crippen LogP contribution in [-0.4, -0.2) is 17.7 Å². The summed E-state index contributed by atoms with van der Waals surface area (Å²) in [6.07, 6.45) is 2.63. The van der Waals surface area contributed by atoms with E-state index in [2.05, 4.69) is 0 Å². The van der Waals surface area contributed by atoms with Crippen LogP contribution in [-0.2, 0) is 19.1 Å². The van der Waals surface area contributed by atoms with Gasteiger partial charge in [-0.1, -0.05) is 23.8 Å². The average Bonchev–Trinajstić information content (AvgIpc) is 2.45. The van der Waals surface area contributed by atoms with Gasteiger partial charge in [-0.2, -0.15) is 0 Å². The maximum absolute atomic E-state index is 13.2. The number of hydrogen-bond acceptors (Lipinski definition) is 4. The van der Waals surface area contributed by atoms with Gasteiger partial charge in [0.05, 0.1) is 0 Å². The van der Waals surface area contributed by atoms with Gasteiger partial charge in [0.25, 0.3) is 5.79 Å². The molecule has 1 heterocycles. The van der Waals surface area contributed by atoms with E-state index in [9.17, 15) is 14.0 Å². The predicted molar refractivity (Wildman–Crippen MR) is 80.8 cm³/mol. The molecule has 1 atom stereocenters. The van der Waals surface area contributed by atoms with E-state index in [0.717, 1.165) is 11.1 Å². The Hall–Kier alpha value is -2.17. The molecule has 4 nitrogen and oxygen atoms in total. The van der Waals surface area contributed by atoms with Crippen LogP contribution in [0.5, 0.6) is 0 Å². The Balaban J connectivity index is 2.09. The van der Waals surface area contributed by atoms with Gasteiger partial charge in [-0.3, -0.25) is 9.59 Å². The molecule has 3 rings (SSSR count). The topological polar surface area (TPSA) is 52.6 Å². The van der Waals surface area contributed by atoms with Gasteiger partial charge in [0.2, 0.25) is 0 Å². The summed E-state index contributed by atoms with van der Waals surface area (Å²) < 4.78 is 24.0. The van der Waals surface area contributed by atoms with Crippen molar-refractivity contribution in [2.24, 2.45) is 5.41 Å². The van der Waals surface area contributed by atoms with Crippen molar-refractivity contribution in [3.05, 3.63) is 47.3 Å². The summed E-state index contributed by atoms with van der Waals surface area (Å²) in [5.74, 6) is -3.19. The van der Waals surface area contributed by atoms with Crippen LogP contribution in [0, 0.1) is 11.2 Å². The third-order valence-electron chi connectivity index (χ3n) is 4.57. The van der Waals surface area contributed by atoms with Gasteiger partial charge in [-0.05, 0) is 37.5 Å². The van der Waals surface area contributed by atoms with Crippen LogP contribution in [0.4, 0.5) is 4.39 Å². The third kappa shape index (κ3) is 2.54. The standard InChI is InChI=1S/C18H19FO4/c1-11-8-9-18(15(20)22-17(2,3)23-16(18)21)14(10-11)12-4-6-13(19)7-5-12/h4-8,14H,9-10H2,1-3H3/t14-/m0/s1. The van der Waals surface area contributed by atoms with E-state index < -0.39 is 29.1 Å². The second-order valence-corrected chi connectivity index (χ2v) is 6.71. The molecular weight excluding hydrogens is 299 g/mol. The van der Waals surface area contributed by atoms with Crippen molar-refractivity contribution in [1.82, 2.24) is 0 Å². The number of carbonyl (C=O) groups excluding carboxylic acids is 2. The summed E-state index contributed by atoms with van der Waals surface area (Å²) in [6.45, 7) is 5.02. The van der Waals surface area contributed by atoms with E-state index in [1.165, 1.54) is 26.0 Å². The normalized spacial score (nSPS) is 25.6. The molecule has 0 aromatic heterocycles. The quantitative estimate of drug-likeness (QED) is 0.452. The van der Waals surface area contributed by atoms with Crippen LogP contribution in [0.2, 0.25) is 0 Å². The number of rotatable bonds is 1. The lowest BCUT2D eigenvalue weighted by molar-refractivity contribution is -0.253. The number of esters is 2. The van der Waals surface area contributed by atoms with Crippen LogP contribution in [0.3, 0.4) is 0 Å². The van der Waals surface area contributed by atoms with Crippen molar-refractivity contribution >= 4 is 11.9 Å².